The van der Waals surface area contributed by atoms with Gasteiger partial charge in [0.05, 0.1) is 6.61 Å². The van der Waals surface area contributed by atoms with Crippen LogP contribution in [-0.2, 0) is 17.0 Å². The Labute approximate surface area is 135 Å². The number of rotatable bonds is 8. The highest BCUT2D eigenvalue weighted by molar-refractivity contribution is 7.98. The summed E-state index contributed by atoms with van der Waals surface area (Å²) in [5, 5.41) is 5.20. The van der Waals surface area contributed by atoms with E-state index in [9.17, 15) is 0 Å². The first-order valence-corrected chi connectivity index (χ1v) is 8.17. The second kappa shape index (κ2) is 9.05. The normalized spacial score (nSPS) is 10.8. The third-order valence-electron chi connectivity index (χ3n) is 2.97. The summed E-state index contributed by atoms with van der Waals surface area (Å²) < 4.78 is 5.03. The Bertz CT molecular complexity index is 565. The van der Waals surface area contributed by atoms with Gasteiger partial charge in [-0.25, -0.2) is 4.98 Å². The molecule has 0 spiro atoms. The van der Waals surface area contributed by atoms with E-state index in [0.717, 1.165) is 34.5 Å². The van der Waals surface area contributed by atoms with Crippen molar-refractivity contribution >= 4 is 23.4 Å². The smallest absolute Gasteiger partial charge is 0.101 e. The molecule has 2 rings (SSSR count). The average Bonchev–Trinajstić information content (AvgIpc) is 2.52. The van der Waals surface area contributed by atoms with Gasteiger partial charge in [0.1, 0.15) is 5.03 Å². The molecule has 5 heteroatoms. The highest BCUT2D eigenvalue weighted by Gasteiger charge is 2.06. The predicted molar refractivity (Wildman–Crippen MR) is 88.8 cm³/mol. The summed E-state index contributed by atoms with van der Waals surface area (Å²) in [6, 6.07) is 12.0. The van der Waals surface area contributed by atoms with Gasteiger partial charge in [-0.15, -0.1) is 11.8 Å². The minimum absolute atomic E-state index is 0.711. The third-order valence-corrected chi connectivity index (χ3v) is 4.44. The number of pyridine rings is 1. The summed E-state index contributed by atoms with van der Waals surface area (Å²) in [7, 11) is 1.70. The molecule has 112 valence electrons. The van der Waals surface area contributed by atoms with E-state index in [1.165, 1.54) is 5.56 Å². The van der Waals surface area contributed by atoms with E-state index in [-0.39, 0.29) is 0 Å². The van der Waals surface area contributed by atoms with Crippen molar-refractivity contribution in [2.24, 2.45) is 0 Å². The summed E-state index contributed by atoms with van der Waals surface area (Å²) in [4.78, 5) is 4.47. The molecule has 0 fully saturated rings. The lowest BCUT2D eigenvalue weighted by molar-refractivity contribution is 0.199. The van der Waals surface area contributed by atoms with Crippen LogP contribution in [0.3, 0.4) is 0 Å². The van der Waals surface area contributed by atoms with Crippen molar-refractivity contribution in [2.45, 2.75) is 17.3 Å². The lowest BCUT2D eigenvalue weighted by atomic mass is 10.2. The van der Waals surface area contributed by atoms with Crippen molar-refractivity contribution < 1.29 is 4.74 Å². The van der Waals surface area contributed by atoms with E-state index in [1.807, 2.05) is 30.5 Å². The number of benzene rings is 1. The predicted octanol–water partition coefficient (Wildman–Crippen LogP) is 3.76. The largest absolute Gasteiger partial charge is 0.383 e. The zero-order valence-electron chi connectivity index (χ0n) is 12.0. The van der Waals surface area contributed by atoms with Crippen molar-refractivity contribution in [1.82, 2.24) is 10.3 Å². The molecule has 3 nitrogen and oxygen atoms in total. The molecule has 1 aromatic heterocycles. The van der Waals surface area contributed by atoms with Gasteiger partial charge in [0.15, 0.2) is 0 Å². The summed E-state index contributed by atoms with van der Waals surface area (Å²) in [5.74, 6) is 0.821. The van der Waals surface area contributed by atoms with E-state index in [1.54, 1.807) is 18.9 Å². The van der Waals surface area contributed by atoms with Crippen molar-refractivity contribution in [1.29, 1.82) is 0 Å². The van der Waals surface area contributed by atoms with E-state index in [0.29, 0.717) is 6.61 Å². The standard InChI is InChI=1S/C16H19ClN2OS/c1-20-10-9-18-11-13-6-4-8-19-16(13)21-12-14-5-2-3-7-15(14)17/h2-8,18H,9-12H2,1H3. The van der Waals surface area contributed by atoms with Crippen molar-refractivity contribution in [3.05, 3.63) is 58.7 Å². The number of nitrogens with one attached hydrogen (secondary N) is 1. The molecule has 0 unspecified atom stereocenters. The molecule has 0 bridgehead atoms. The molecule has 1 heterocycles. The monoisotopic (exact) mass is 322 g/mol. The minimum atomic E-state index is 0.711. The van der Waals surface area contributed by atoms with Crippen molar-refractivity contribution in [3.8, 4) is 0 Å². The van der Waals surface area contributed by atoms with Crippen LogP contribution < -0.4 is 5.32 Å². The van der Waals surface area contributed by atoms with Gasteiger partial charge in [0.2, 0.25) is 0 Å². The molecule has 1 N–H and O–H groups in total. The topological polar surface area (TPSA) is 34.1 Å². The summed E-state index contributed by atoms with van der Waals surface area (Å²) >= 11 is 7.90. The Hall–Kier alpha value is -1.07. The zero-order valence-corrected chi connectivity index (χ0v) is 13.6. The summed E-state index contributed by atoms with van der Waals surface area (Å²) in [6.07, 6.45) is 1.83. The lowest BCUT2D eigenvalue weighted by Crippen LogP contribution is -2.19. The Morgan fingerprint density at radius 2 is 2.00 bits per heavy atom. The second-order valence-electron chi connectivity index (χ2n) is 4.52. The van der Waals surface area contributed by atoms with Crippen LogP contribution in [0, 0.1) is 0 Å². The van der Waals surface area contributed by atoms with Gasteiger partial charge >= 0.3 is 0 Å². The van der Waals surface area contributed by atoms with Crippen LogP contribution in [0.15, 0.2) is 47.6 Å². The quantitative estimate of drug-likeness (QED) is 0.592. The zero-order chi connectivity index (χ0) is 14.9. The fourth-order valence-corrected chi connectivity index (χ4v) is 3.13. The van der Waals surface area contributed by atoms with Crippen LogP contribution in [0.4, 0.5) is 0 Å². The third kappa shape index (κ3) is 5.32. The number of hydrogen-bond donors (Lipinski definition) is 1. The molecular weight excluding hydrogens is 304 g/mol. The number of methoxy groups -OCH3 is 1. The maximum atomic E-state index is 6.19. The summed E-state index contributed by atoms with van der Waals surface area (Å²) in [6.45, 7) is 2.34. The molecule has 21 heavy (non-hydrogen) atoms. The van der Waals surface area contributed by atoms with Crippen molar-refractivity contribution in [3.63, 3.8) is 0 Å². The van der Waals surface area contributed by atoms with E-state index in [2.05, 4.69) is 22.4 Å². The number of halogens is 1. The van der Waals surface area contributed by atoms with Crippen LogP contribution in [0.5, 0.6) is 0 Å². The van der Waals surface area contributed by atoms with Gasteiger partial charge in [0, 0.05) is 37.2 Å². The highest BCUT2D eigenvalue weighted by atomic mass is 35.5. The molecule has 0 aliphatic rings. The Morgan fingerprint density at radius 1 is 1.19 bits per heavy atom. The van der Waals surface area contributed by atoms with Crippen LogP contribution in [0.2, 0.25) is 5.02 Å². The SMILES string of the molecule is COCCNCc1cccnc1SCc1ccccc1Cl. The van der Waals surface area contributed by atoms with Gasteiger partial charge in [-0.05, 0) is 23.3 Å². The number of nitrogens with zero attached hydrogens (tertiary/aromatic N) is 1. The highest BCUT2D eigenvalue weighted by Crippen LogP contribution is 2.27. The molecule has 0 aliphatic carbocycles. The maximum Gasteiger partial charge on any atom is 0.101 e. The second-order valence-corrected chi connectivity index (χ2v) is 5.89. The van der Waals surface area contributed by atoms with Crippen LogP contribution in [-0.4, -0.2) is 25.2 Å². The molecule has 0 saturated carbocycles. The molecule has 1 aromatic carbocycles. The Kier molecular flexibility index (Phi) is 7.03. The fourth-order valence-electron chi connectivity index (χ4n) is 1.85. The summed E-state index contributed by atoms with van der Waals surface area (Å²) in [5.41, 5.74) is 2.33. The molecule has 2 aromatic rings. The lowest BCUT2D eigenvalue weighted by Gasteiger charge is -2.09. The van der Waals surface area contributed by atoms with E-state index in [4.69, 9.17) is 16.3 Å². The first kappa shape index (κ1) is 16.3. The first-order valence-electron chi connectivity index (χ1n) is 6.81. The molecule has 0 radical (unpaired) electrons. The Morgan fingerprint density at radius 3 is 2.81 bits per heavy atom. The molecule has 0 atom stereocenters. The minimum Gasteiger partial charge on any atom is -0.383 e. The molecule has 0 aliphatic heterocycles. The number of ether oxygens (including phenoxy) is 1. The van der Waals surface area contributed by atoms with Gasteiger partial charge in [-0.3, -0.25) is 0 Å². The van der Waals surface area contributed by atoms with Crippen LogP contribution in [0.1, 0.15) is 11.1 Å². The Balaban J connectivity index is 1.95. The van der Waals surface area contributed by atoms with E-state index < -0.39 is 0 Å². The number of thioether (sulfide) groups is 1. The molecular formula is C16H19ClN2OS. The fraction of sp³-hybridized carbons (Fsp3) is 0.312. The van der Waals surface area contributed by atoms with Crippen molar-refractivity contribution in [2.75, 3.05) is 20.3 Å². The van der Waals surface area contributed by atoms with E-state index >= 15 is 0 Å². The average molecular weight is 323 g/mol. The molecule has 0 amide bonds. The van der Waals surface area contributed by atoms with Crippen LogP contribution >= 0.6 is 23.4 Å². The van der Waals surface area contributed by atoms with Gasteiger partial charge in [-0.1, -0.05) is 35.9 Å². The van der Waals surface area contributed by atoms with Crippen LogP contribution in [0.25, 0.3) is 0 Å². The first-order chi connectivity index (χ1) is 10.3. The maximum absolute atomic E-state index is 6.19. The number of aromatic nitrogens is 1. The number of hydrogen-bond acceptors (Lipinski definition) is 4. The van der Waals surface area contributed by atoms with Gasteiger partial charge in [0.25, 0.3) is 0 Å². The molecule has 0 saturated heterocycles. The van der Waals surface area contributed by atoms with Gasteiger partial charge in [-0.2, -0.15) is 0 Å². The van der Waals surface area contributed by atoms with Gasteiger partial charge < -0.3 is 10.1 Å².